The van der Waals surface area contributed by atoms with Crippen molar-refractivity contribution in [3.63, 3.8) is 0 Å². The van der Waals surface area contributed by atoms with E-state index in [0.717, 1.165) is 5.52 Å². The van der Waals surface area contributed by atoms with Crippen LogP contribution in [-0.4, -0.2) is 22.8 Å². The van der Waals surface area contributed by atoms with E-state index in [9.17, 15) is 4.79 Å². The number of benzene rings is 1. The molecule has 0 spiro atoms. The lowest BCUT2D eigenvalue weighted by Gasteiger charge is -2.19. The number of rotatable bonds is 3. The molecule has 0 aliphatic rings. The summed E-state index contributed by atoms with van der Waals surface area (Å²) in [6.07, 6.45) is 1.65. The van der Waals surface area contributed by atoms with Crippen LogP contribution in [0.2, 0.25) is 0 Å². The molecule has 0 atom stereocenters. The molecule has 1 heterocycles. The molecule has 0 saturated heterocycles. The zero-order chi connectivity index (χ0) is 14.8. The zero-order valence-corrected chi connectivity index (χ0v) is 14.5. The fourth-order valence-corrected chi connectivity index (χ4v) is 2.11. The summed E-state index contributed by atoms with van der Waals surface area (Å²) in [6, 6.07) is 8.18. The van der Waals surface area contributed by atoms with Crippen LogP contribution in [0.4, 0.5) is 4.79 Å². The second-order valence-corrected chi connectivity index (χ2v) is 5.84. The van der Waals surface area contributed by atoms with Crippen molar-refractivity contribution in [1.29, 1.82) is 0 Å². The van der Waals surface area contributed by atoms with Gasteiger partial charge in [-0.05, 0) is 32.9 Å². The Labute approximate surface area is 135 Å². The summed E-state index contributed by atoms with van der Waals surface area (Å²) in [5.41, 5.74) is 1.86. The molecule has 0 aliphatic heterocycles. The van der Waals surface area contributed by atoms with E-state index in [1.165, 1.54) is 5.52 Å². The fraction of sp³-hybridized carbons (Fsp3) is 0.467. The number of imidazole rings is 1. The number of hydrogen-bond acceptors (Lipinski definition) is 2. The summed E-state index contributed by atoms with van der Waals surface area (Å²) >= 11 is 0. The van der Waals surface area contributed by atoms with E-state index in [2.05, 4.69) is 26.6 Å². The van der Waals surface area contributed by atoms with Crippen molar-refractivity contribution in [3.8, 4) is 0 Å². The molecule has 21 heavy (non-hydrogen) atoms. The molecule has 1 N–H and O–H groups in total. The third kappa shape index (κ3) is 4.74. The molecule has 6 heteroatoms. The normalized spacial score (nSPS) is 11.0. The molecule has 0 unspecified atom stereocenters. The molecule has 1 aromatic carbocycles. The molecule has 5 nitrogen and oxygen atoms in total. The van der Waals surface area contributed by atoms with Crippen LogP contribution >= 0.6 is 0 Å². The minimum atomic E-state index is -0.462. The van der Waals surface area contributed by atoms with Crippen LogP contribution in [0.15, 0.2) is 30.6 Å². The first-order valence-corrected chi connectivity index (χ1v) is 6.77. The first kappa shape index (κ1) is 17.5. The lowest BCUT2D eigenvalue weighted by molar-refractivity contribution is -0.645. The predicted octanol–water partition coefficient (Wildman–Crippen LogP) is -1.01. The number of hydrogen-bond donors (Lipinski definition) is 1. The van der Waals surface area contributed by atoms with Crippen LogP contribution in [-0.2, 0) is 18.3 Å². The van der Waals surface area contributed by atoms with Crippen molar-refractivity contribution >= 4 is 17.1 Å². The van der Waals surface area contributed by atoms with Gasteiger partial charge in [0.25, 0.3) is 0 Å². The molecule has 2 rings (SSSR count). The average Bonchev–Trinajstić information content (AvgIpc) is 2.65. The Morgan fingerprint density at radius 1 is 1.33 bits per heavy atom. The number of aromatic nitrogens is 2. The van der Waals surface area contributed by atoms with Crippen molar-refractivity contribution in [1.82, 2.24) is 9.88 Å². The summed E-state index contributed by atoms with van der Waals surface area (Å²) in [6.45, 7) is 6.80. The molecule has 0 fully saturated rings. The van der Waals surface area contributed by atoms with Gasteiger partial charge in [-0.25, -0.2) is 13.9 Å². The summed E-state index contributed by atoms with van der Waals surface area (Å²) in [5.74, 6) is 0. The number of halogens is 1. The van der Waals surface area contributed by atoms with Gasteiger partial charge in [0.15, 0.2) is 11.0 Å². The lowest BCUT2D eigenvalue weighted by atomic mass is 10.2. The van der Waals surface area contributed by atoms with Crippen LogP contribution < -0.4 is 26.9 Å². The highest BCUT2D eigenvalue weighted by Gasteiger charge is 2.16. The quantitative estimate of drug-likeness (QED) is 0.717. The van der Waals surface area contributed by atoms with Crippen molar-refractivity contribution in [2.75, 3.05) is 6.54 Å². The van der Waals surface area contributed by atoms with Crippen LogP contribution in [0, 0.1) is 0 Å². The average molecular weight is 356 g/mol. The molecule has 1 amide bonds. The molecule has 0 saturated carbocycles. The van der Waals surface area contributed by atoms with Gasteiger partial charge in [-0.2, -0.15) is 0 Å². The SMILES string of the molecule is C[n+]1cn(CCNC(=O)OC(C)(C)C)c2ccccc21.[Br-]. The number of para-hydroxylation sites is 2. The van der Waals surface area contributed by atoms with Gasteiger partial charge in [-0.1, -0.05) is 12.1 Å². The van der Waals surface area contributed by atoms with Gasteiger partial charge < -0.3 is 27.0 Å². The number of alkyl carbamates (subject to hydrolysis) is 1. The summed E-state index contributed by atoms with van der Waals surface area (Å²) in [4.78, 5) is 11.6. The number of carbonyl (C=O) groups is 1. The standard InChI is InChI=1S/C15H21N3O2.BrH/c1-15(2,3)20-14(19)16-9-10-18-11-17(4)12-7-5-6-8-13(12)18;/h5-8,11H,9-10H2,1-4H3;1H. The number of nitrogens with one attached hydrogen (secondary N) is 1. The smallest absolute Gasteiger partial charge is 0.407 e. The molecule has 2 aromatic rings. The maximum atomic E-state index is 11.6. The Balaban J connectivity index is 0.00000220. The second-order valence-electron chi connectivity index (χ2n) is 5.84. The highest BCUT2D eigenvalue weighted by molar-refractivity contribution is 5.71. The highest BCUT2D eigenvalue weighted by atomic mass is 79.9. The van der Waals surface area contributed by atoms with E-state index in [1.807, 2.05) is 46.3 Å². The van der Waals surface area contributed by atoms with Crippen LogP contribution in [0.1, 0.15) is 20.8 Å². The Morgan fingerprint density at radius 2 is 2.00 bits per heavy atom. The van der Waals surface area contributed by atoms with E-state index >= 15 is 0 Å². The number of aryl methyl sites for hydroxylation is 1. The second kappa shape index (κ2) is 6.93. The topological polar surface area (TPSA) is 47.1 Å². The molecular formula is C15H22BrN3O2. The number of fused-ring (bicyclic) bond motifs is 1. The van der Waals surface area contributed by atoms with Crippen LogP contribution in [0.25, 0.3) is 11.0 Å². The number of ether oxygens (including phenoxy) is 1. The minimum Gasteiger partial charge on any atom is -1.00 e. The number of nitrogens with zero attached hydrogens (tertiary/aromatic N) is 2. The zero-order valence-electron chi connectivity index (χ0n) is 12.9. The van der Waals surface area contributed by atoms with Crippen molar-refractivity contribution < 1.29 is 31.1 Å². The maximum Gasteiger partial charge on any atom is 0.407 e. The first-order chi connectivity index (χ1) is 9.37. The Morgan fingerprint density at radius 3 is 2.67 bits per heavy atom. The van der Waals surface area contributed by atoms with Gasteiger partial charge in [0, 0.05) is 0 Å². The molecule has 0 aliphatic carbocycles. The van der Waals surface area contributed by atoms with Gasteiger partial charge in [0.1, 0.15) is 12.1 Å². The fourth-order valence-electron chi connectivity index (χ4n) is 2.11. The minimum absolute atomic E-state index is 0. The van der Waals surface area contributed by atoms with Crippen molar-refractivity contribution in [2.24, 2.45) is 7.05 Å². The predicted molar refractivity (Wildman–Crippen MR) is 77.4 cm³/mol. The highest BCUT2D eigenvalue weighted by Crippen LogP contribution is 2.09. The van der Waals surface area contributed by atoms with Gasteiger partial charge in [-0.3, -0.25) is 0 Å². The van der Waals surface area contributed by atoms with Gasteiger partial charge >= 0.3 is 6.09 Å². The summed E-state index contributed by atoms with van der Waals surface area (Å²) in [7, 11) is 2.01. The Hall–Kier alpha value is -1.56. The molecule has 0 bridgehead atoms. The Kier molecular flexibility index (Phi) is 5.78. The van der Waals surface area contributed by atoms with E-state index in [0.29, 0.717) is 13.1 Å². The third-order valence-electron chi connectivity index (χ3n) is 2.90. The molecule has 0 radical (unpaired) electrons. The van der Waals surface area contributed by atoms with Crippen LogP contribution in [0.3, 0.4) is 0 Å². The maximum absolute atomic E-state index is 11.6. The van der Waals surface area contributed by atoms with Crippen LogP contribution in [0.5, 0.6) is 0 Å². The summed E-state index contributed by atoms with van der Waals surface area (Å²) < 4.78 is 9.39. The monoisotopic (exact) mass is 355 g/mol. The molecule has 1 aromatic heterocycles. The summed E-state index contributed by atoms with van der Waals surface area (Å²) in [5, 5.41) is 2.77. The van der Waals surface area contributed by atoms with Crippen molar-refractivity contribution in [3.05, 3.63) is 30.6 Å². The largest absolute Gasteiger partial charge is 1.00 e. The molecule has 116 valence electrons. The van der Waals surface area contributed by atoms with Crippen molar-refractivity contribution in [2.45, 2.75) is 32.9 Å². The third-order valence-corrected chi connectivity index (χ3v) is 2.90. The lowest BCUT2D eigenvalue weighted by Crippen LogP contribution is -3.00. The number of carbonyl (C=O) groups excluding carboxylic acids is 1. The van der Waals surface area contributed by atoms with Gasteiger partial charge in [0.05, 0.1) is 13.6 Å². The van der Waals surface area contributed by atoms with Gasteiger partial charge in [-0.15, -0.1) is 0 Å². The number of amides is 1. The van der Waals surface area contributed by atoms with E-state index in [-0.39, 0.29) is 23.1 Å². The van der Waals surface area contributed by atoms with E-state index in [4.69, 9.17) is 4.74 Å². The van der Waals surface area contributed by atoms with E-state index < -0.39 is 5.60 Å². The van der Waals surface area contributed by atoms with Gasteiger partial charge in [0.2, 0.25) is 6.33 Å². The first-order valence-electron chi connectivity index (χ1n) is 6.77. The van der Waals surface area contributed by atoms with E-state index in [1.54, 1.807) is 0 Å². The molecular weight excluding hydrogens is 334 g/mol. The Bertz CT molecular complexity index is 617.